The first-order valence-corrected chi connectivity index (χ1v) is 6.09. The maximum Gasteiger partial charge on any atom is 0.286 e. The Kier molecular flexibility index (Phi) is 2.84. The minimum atomic E-state index is -0.150. The van der Waals surface area contributed by atoms with Crippen molar-refractivity contribution in [2.75, 3.05) is 0 Å². The molecule has 3 rings (SSSR count). The van der Waals surface area contributed by atoms with Gasteiger partial charge in [-0.15, -0.1) is 4.73 Å². The van der Waals surface area contributed by atoms with Crippen LogP contribution < -0.4 is 10.4 Å². The molecule has 0 radical (unpaired) electrons. The fourth-order valence-corrected chi connectivity index (χ4v) is 1.82. The van der Waals surface area contributed by atoms with Crippen molar-refractivity contribution in [2.24, 2.45) is 0 Å². The lowest BCUT2D eigenvalue weighted by Gasteiger charge is -2.08. The summed E-state index contributed by atoms with van der Waals surface area (Å²) in [7, 11) is 0. The molecule has 0 saturated heterocycles. The van der Waals surface area contributed by atoms with Crippen LogP contribution in [0.3, 0.4) is 0 Å². The topological polar surface area (TPSA) is 44.1 Å². The van der Waals surface area contributed by atoms with Crippen LogP contribution in [0.15, 0.2) is 47.5 Å². The zero-order valence-electron chi connectivity index (χ0n) is 9.95. The molecule has 18 heavy (non-hydrogen) atoms. The second-order valence-corrected chi connectivity index (χ2v) is 4.51. The molecule has 4 heteroatoms. The summed E-state index contributed by atoms with van der Waals surface area (Å²) >= 11 is 0. The average Bonchev–Trinajstić information content (AvgIpc) is 3.23. The molecule has 0 spiro atoms. The molecule has 1 aromatic carbocycles. The van der Waals surface area contributed by atoms with E-state index in [2.05, 4.69) is 4.98 Å². The van der Waals surface area contributed by atoms with Crippen molar-refractivity contribution >= 4 is 0 Å². The Hall–Kier alpha value is -2.10. The Morgan fingerprint density at radius 1 is 1.28 bits per heavy atom. The summed E-state index contributed by atoms with van der Waals surface area (Å²) in [6.07, 6.45) is 3.75. The first kappa shape index (κ1) is 11.0. The molecule has 1 saturated carbocycles. The molecule has 0 N–H and O–H groups in total. The molecule has 0 aliphatic heterocycles. The van der Waals surface area contributed by atoms with E-state index >= 15 is 0 Å². The summed E-state index contributed by atoms with van der Waals surface area (Å²) in [5.41, 5.74) is 1.76. The van der Waals surface area contributed by atoms with Crippen LogP contribution in [0.2, 0.25) is 0 Å². The third-order valence-electron chi connectivity index (χ3n) is 3.01. The number of rotatable bonds is 4. The molecular formula is C14H14N2O2. The summed E-state index contributed by atoms with van der Waals surface area (Å²) in [5.74, 6) is 0.487. The van der Waals surface area contributed by atoms with Gasteiger partial charge in [-0.2, -0.15) is 0 Å². The second kappa shape index (κ2) is 4.64. The molecule has 1 aliphatic rings. The van der Waals surface area contributed by atoms with Crippen LogP contribution in [0.25, 0.3) is 0 Å². The van der Waals surface area contributed by atoms with Gasteiger partial charge in [0, 0.05) is 12.0 Å². The Labute approximate surface area is 105 Å². The van der Waals surface area contributed by atoms with E-state index in [9.17, 15) is 4.79 Å². The lowest BCUT2D eigenvalue weighted by molar-refractivity contribution is 0.0863. The summed E-state index contributed by atoms with van der Waals surface area (Å²) in [6, 6.07) is 11.3. The van der Waals surface area contributed by atoms with E-state index in [4.69, 9.17) is 4.84 Å². The predicted molar refractivity (Wildman–Crippen MR) is 67.2 cm³/mol. The third-order valence-corrected chi connectivity index (χ3v) is 3.01. The van der Waals surface area contributed by atoms with Crippen LogP contribution >= 0.6 is 0 Å². The highest BCUT2D eigenvalue weighted by molar-refractivity contribution is 5.14. The van der Waals surface area contributed by atoms with Gasteiger partial charge >= 0.3 is 0 Å². The van der Waals surface area contributed by atoms with Gasteiger partial charge in [0.05, 0.1) is 5.69 Å². The van der Waals surface area contributed by atoms with Gasteiger partial charge in [-0.25, -0.2) is 4.98 Å². The molecule has 0 bridgehead atoms. The molecule has 1 aromatic heterocycles. The molecule has 1 aliphatic carbocycles. The lowest BCUT2D eigenvalue weighted by atomic mass is 10.2. The highest BCUT2D eigenvalue weighted by Crippen LogP contribution is 2.38. The van der Waals surface area contributed by atoms with Crippen molar-refractivity contribution in [3.05, 3.63) is 64.3 Å². The summed E-state index contributed by atoms with van der Waals surface area (Å²) in [6.45, 7) is 0.366. The van der Waals surface area contributed by atoms with E-state index in [1.54, 1.807) is 6.07 Å². The van der Waals surface area contributed by atoms with Crippen molar-refractivity contribution in [1.82, 2.24) is 9.71 Å². The zero-order valence-corrected chi connectivity index (χ0v) is 9.95. The highest BCUT2D eigenvalue weighted by Gasteiger charge is 2.25. The van der Waals surface area contributed by atoms with Crippen molar-refractivity contribution in [3.8, 4) is 0 Å². The Balaban J connectivity index is 1.71. The van der Waals surface area contributed by atoms with Gasteiger partial charge in [-0.1, -0.05) is 30.3 Å². The van der Waals surface area contributed by atoms with Gasteiger partial charge in [0.2, 0.25) is 0 Å². The zero-order chi connectivity index (χ0) is 12.4. The molecule has 92 valence electrons. The SMILES string of the molecule is O=c1cc(C2CC2)ncn1OCc1ccccc1. The molecular weight excluding hydrogens is 228 g/mol. The fraction of sp³-hybridized carbons (Fsp3) is 0.286. The van der Waals surface area contributed by atoms with Crippen molar-refractivity contribution in [1.29, 1.82) is 0 Å². The van der Waals surface area contributed by atoms with Crippen LogP contribution in [0.5, 0.6) is 0 Å². The van der Waals surface area contributed by atoms with E-state index in [0.717, 1.165) is 24.1 Å². The standard InChI is InChI=1S/C14H14N2O2/c17-14-8-13(12-6-7-12)15-10-16(14)18-9-11-4-2-1-3-5-11/h1-5,8,10,12H,6-7,9H2. The fourth-order valence-electron chi connectivity index (χ4n) is 1.82. The molecule has 0 unspecified atom stereocenters. The average molecular weight is 242 g/mol. The molecule has 1 heterocycles. The van der Waals surface area contributed by atoms with Gasteiger partial charge < -0.3 is 4.84 Å². The maximum absolute atomic E-state index is 11.8. The first-order valence-electron chi connectivity index (χ1n) is 6.09. The number of hydrogen-bond acceptors (Lipinski definition) is 3. The van der Waals surface area contributed by atoms with Gasteiger partial charge in [-0.3, -0.25) is 4.79 Å². The molecule has 0 amide bonds. The third kappa shape index (κ3) is 2.42. The quantitative estimate of drug-likeness (QED) is 0.820. The van der Waals surface area contributed by atoms with Gasteiger partial charge in [0.1, 0.15) is 12.9 Å². The monoisotopic (exact) mass is 242 g/mol. The summed E-state index contributed by atoms with van der Waals surface area (Å²) < 4.78 is 1.19. The molecule has 0 atom stereocenters. The van der Waals surface area contributed by atoms with E-state index in [1.807, 2.05) is 30.3 Å². The van der Waals surface area contributed by atoms with E-state index in [0.29, 0.717) is 12.5 Å². The number of hydrogen-bond donors (Lipinski definition) is 0. The van der Waals surface area contributed by atoms with Crippen LogP contribution in [0, 0.1) is 0 Å². The summed E-state index contributed by atoms with van der Waals surface area (Å²) in [4.78, 5) is 21.5. The minimum absolute atomic E-state index is 0.150. The predicted octanol–water partition coefficient (Wildman–Crippen LogP) is 1.75. The Morgan fingerprint density at radius 3 is 2.72 bits per heavy atom. The number of nitrogens with zero attached hydrogens (tertiary/aromatic N) is 2. The minimum Gasteiger partial charge on any atom is -0.405 e. The molecule has 1 fully saturated rings. The molecule has 4 nitrogen and oxygen atoms in total. The van der Waals surface area contributed by atoms with Crippen LogP contribution in [-0.4, -0.2) is 9.71 Å². The Morgan fingerprint density at radius 2 is 2.06 bits per heavy atom. The van der Waals surface area contributed by atoms with Crippen molar-refractivity contribution < 1.29 is 4.84 Å². The number of aromatic nitrogens is 2. The molecule has 2 aromatic rings. The lowest BCUT2D eigenvalue weighted by Crippen LogP contribution is -2.26. The van der Waals surface area contributed by atoms with E-state index in [1.165, 1.54) is 11.1 Å². The first-order chi connectivity index (χ1) is 8.83. The second-order valence-electron chi connectivity index (χ2n) is 4.51. The highest BCUT2D eigenvalue weighted by atomic mass is 16.7. The van der Waals surface area contributed by atoms with E-state index < -0.39 is 0 Å². The number of benzene rings is 1. The Bertz CT molecular complexity index is 588. The van der Waals surface area contributed by atoms with Crippen molar-refractivity contribution in [3.63, 3.8) is 0 Å². The van der Waals surface area contributed by atoms with Crippen molar-refractivity contribution in [2.45, 2.75) is 25.4 Å². The van der Waals surface area contributed by atoms with E-state index in [-0.39, 0.29) is 5.56 Å². The summed E-state index contributed by atoms with van der Waals surface area (Å²) in [5, 5.41) is 0. The van der Waals surface area contributed by atoms with Gasteiger partial charge in [0.25, 0.3) is 5.56 Å². The normalized spacial score (nSPS) is 14.4. The van der Waals surface area contributed by atoms with Crippen LogP contribution in [0.4, 0.5) is 0 Å². The maximum atomic E-state index is 11.8. The van der Waals surface area contributed by atoms with Crippen LogP contribution in [0.1, 0.15) is 30.0 Å². The van der Waals surface area contributed by atoms with Crippen LogP contribution in [-0.2, 0) is 6.61 Å². The largest absolute Gasteiger partial charge is 0.405 e. The van der Waals surface area contributed by atoms with Gasteiger partial charge in [0.15, 0.2) is 0 Å². The smallest absolute Gasteiger partial charge is 0.286 e. The van der Waals surface area contributed by atoms with Gasteiger partial charge in [-0.05, 0) is 18.4 Å².